The minimum atomic E-state index is -3.86. The lowest BCUT2D eigenvalue weighted by atomic mass is 10.2. The first-order chi connectivity index (χ1) is 8.36. The number of amides is 2. The van der Waals surface area contributed by atoms with E-state index in [1.807, 2.05) is 11.6 Å². The lowest BCUT2D eigenvalue weighted by Gasteiger charge is -2.16. The molecule has 0 saturated carbocycles. The number of aliphatic hydroxyl groups is 1. The molecular formula is C11H16N2O4S. The van der Waals surface area contributed by atoms with Crippen molar-refractivity contribution in [3.05, 3.63) is 29.8 Å². The Hall–Kier alpha value is -1.60. The van der Waals surface area contributed by atoms with Crippen LogP contribution in [0, 0.1) is 6.92 Å². The third kappa shape index (κ3) is 3.71. The third-order valence-corrected chi connectivity index (χ3v) is 3.67. The fourth-order valence-corrected chi connectivity index (χ4v) is 2.22. The van der Waals surface area contributed by atoms with E-state index < -0.39 is 16.1 Å². The van der Waals surface area contributed by atoms with Gasteiger partial charge in [-0.2, -0.15) is 0 Å². The second-order valence-corrected chi connectivity index (χ2v) is 5.55. The SMILES string of the molecule is Cc1ccc(S(=O)(=O)NC(=O)N(C)CCO)cc1. The average Bonchev–Trinajstić information content (AvgIpc) is 2.29. The van der Waals surface area contributed by atoms with Gasteiger partial charge in [0.25, 0.3) is 10.0 Å². The molecule has 0 aromatic heterocycles. The number of hydrogen-bond acceptors (Lipinski definition) is 4. The van der Waals surface area contributed by atoms with Crippen LogP contribution >= 0.6 is 0 Å². The average molecular weight is 272 g/mol. The van der Waals surface area contributed by atoms with Crippen LogP contribution < -0.4 is 4.72 Å². The number of nitrogens with zero attached hydrogens (tertiary/aromatic N) is 1. The quantitative estimate of drug-likeness (QED) is 0.826. The number of nitrogens with one attached hydrogen (secondary N) is 1. The summed E-state index contributed by atoms with van der Waals surface area (Å²) in [6, 6.07) is 5.38. The molecule has 0 atom stereocenters. The number of likely N-dealkylation sites (N-methyl/N-ethyl adjacent to an activating group) is 1. The molecule has 6 nitrogen and oxygen atoms in total. The van der Waals surface area contributed by atoms with Crippen molar-refractivity contribution in [2.45, 2.75) is 11.8 Å². The smallest absolute Gasteiger partial charge is 0.331 e. The third-order valence-electron chi connectivity index (χ3n) is 2.34. The molecule has 100 valence electrons. The van der Waals surface area contributed by atoms with Gasteiger partial charge in [0.1, 0.15) is 0 Å². The van der Waals surface area contributed by atoms with Crippen molar-refractivity contribution in [2.75, 3.05) is 20.2 Å². The number of aryl methyl sites for hydroxylation is 1. The van der Waals surface area contributed by atoms with E-state index in [0.717, 1.165) is 10.5 Å². The largest absolute Gasteiger partial charge is 0.395 e. The molecule has 2 N–H and O–H groups in total. The standard InChI is InChI=1S/C11H16N2O4S/c1-9-3-5-10(6-4-9)18(16,17)12-11(15)13(2)7-8-14/h3-6,14H,7-8H2,1-2H3,(H,12,15). The molecule has 0 bridgehead atoms. The minimum Gasteiger partial charge on any atom is -0.395 e. The van der Waals surface area contributed by atoms with Gasteiger partial charge in [-0.05, 0) is 19.1 Å². The van der Waals surface area contributed by atoms with Crippen LogP contribution in [0.1, 0.15) is 5.56 Å². The Bertz CT molecular complexity index is 510. The number of benzene rings is 1. The highest BCUT2D eigenvalue weighted by atomic mass is 32.2. The molecule has 1 aromatic carbocycles. The van der Waals surface area contributed by atoms with Crippen LogP contribution in [0.3, 0.4) is 0 Å². The Morgan fingerprint density at radius 2 is 1.89 bits per heavy atom. The van der Waals surface area contributed by atoms with Crippen LogP contribution in [-0.4, -0.2) is 44.7 Å². The van der Waals surface area contributed by atoms with Crippen molar-refractivity contribution < 1.29 is 18.3 Å². The van der Waals surface area contributed by atoms with Gasteiger partial charge in [-0.15, -0.1) is 0 Å². The van der Waals surface area contributed by atoms with Crippen LogP contribution in [0.25, 0.3) is 0 Å². The van der Waals surface area contributed by atoms with Crippen LogP contribution in [0.2, 0.25) is 0 Å². The van der Waals surface area contributed by atoms with E-state index in [4.69, 9.17) is 5.11 Å². The molecule has 0 saturated heterocycles. The van der Waals surface area contributed by atoms with E-state index >= 15 is 0 Å². The second kappa shape index (κ2) is 5.83. The van der Waals surface area contributed by atoms with E-state index in [1.54, 1.807) is 12.1 Å². The van der Waals surface area contributed by atoms with Crippen molar-refractivity contribution in [3.63, 3.8) is 0 Å². The number of carbonyl (C=O) groups excluding carboxylic acids is 1. The maximum Gasteiger partial charge on any atom is 0.331 e. The Morgan fingerprint density at radius 1 is 1.33 bits per heavy atom. The number of rotatable bonds is 4. The number of sulfonamides is 1. The molecule has 7 heteroatoms. The van der Waals surface area contributed by atoms with Crippen LogP contribution in [0.15, 0.2) is 29.2 Å². The van der Waals surface area contributed by atoms with Crippen LogP contribution in [0.5, 0.6) is 0 Å². The molecule has 1 aromatic rings. The van der Waals surface area contributed by atoms with Gasteiger partial charge < -0.3 is 10.0 Å². The second-order valence-electron chi connectivity index (χ2n) is 3.87. The zero-order valence-electron chi connectivity index (χ0n) is 10.3. The van der Waals surface area contributed by atoms with Crippen LogP contribution in [0.4, 0.5) is 4.79 Å². The van der Waals surface area contributed by atoms with Gasteiger partial charge in [-0.25, -0.2) is 17.9 Å². The summed E-state index contributed by atoms with van der Waals surface area (Å²) in [7, 11) is -2.46. The Kier molecular flexibility index (Phi) is 4.69. The maximum atomic E-state index is 11.8. The first-order valence-corrected chi connectivity index (χ1v) is 6.80. The van der Waals surface area contributed by atoms with Crippen molar-refractivity contribution in [1.29, 1.82) is 0 Å². The fourth-order valence-electron chi connectivity index (χ4n) is 1.22. The highest BCUT2D eigenvalue weighted by molar-refractivity contribution is 7.90. The van der Waals surface area contributed by atoms with E-state index in [9.17, 15) is 13.2 Å². The van der Waals surface area contributed by atoms with E-state index in [0.29, 0.717) is 0 Å². The summed E-state index contributed by atoms with van der Waals surface area (Å²) in [5, 5.41) is 8.66. The molecule has 1 rings (SSSR count). The maximum absolute atomic E-state index is 11.8. The highest BCUT2D eigenvalue weighted by Crippen LogP contribution is 2.09. The molecule has 0 aliphatic heterocycles. The minimum absolute atomic E-state index is 0.0267. The Morgan fingerprint density at radius 3 is 2.39 bits per heavy atom. The van der Waals surface area contributed by atoms with Gasteiger partial charge in [0.05, 0.1) is 11.5 Å². The van der Waals surface area contributed by atoms with Gasteiger partial charge in [0.2, 0.25) is 0 Å². The molecule has 0 fully saturated rings. The molecule has 0 unspecified atom stereocenters. The highest BCUT2D eigenvalue weighted by Gasteiger charge is 2.19. The number of urea groups is 1. The summed E-state index contributed by atoms with van der Waals surface area (Å²) in [5.41, 5.74) is 0.928. The Labute approximate surface area is 106 Å². The summed E-state index contributed by atoms with van der Waals surface area (Å²) in [4.78, 5) is 12.6. The lowest BCUT2D eigenvalue weighted by Crippen LogP contribution is -2.41. The monoisotopic (exact) mass is 272 g/mol. The topological polar surface area (TPSA) is 86.7 Å². The van der Waals surface area contributed by atoms with Crippen molar-refractivity contribution >= 4 is 16.1 Å². The van der Waals surface area contributed by atoms with Gasteiger partial charge in [0.15, 0.2) is 0 Å². The molecule has 0 aliphatic carbocycles. The normalized spacial score (nSPS) is 11.1. The zero-order valence-corrected chi connectivity index (χ0v) is 11.1. The summed E-state index contributed by atoms with van der Waals surface area (Å²) in [5.74, 6) is 0. The summed E-state index contributed by atoms with van der Waals surface area (Å²) >= 11 is 0. The lowest BCUT2D eigenvalue weighted by molar-refractivity contribution is 0.195. The molecule has 0 radical (unpaired) electrons. The molecule has 18 heavy (non-hydrogen) atoms. The molecule has 0 heterocycles. The number of aliphatic hydroxyl groups excluding tert-OH is 1. The van der Waals surface area contributed by atoms with Crippen LogP contribution in [-0.2, 0) is 10.0 Å². The van der Waals surface area contributed by atoms with E-state index in [-0.39, 0.29) is 18.0 Å². The summed E-state index contributed by atoms with van der Waals surface area (Å²) in [6.07, 6.45) is 0. The van der Waals surface area contributed by atoms with Crippen molar-refractivity contribution in [3.8, 4) is 0 Å². The molecule has 0 spiro atoms. The molecular weight excluding hydrogens is 256 g/mol. The summed E-state index contributed by atoms with van der Waals surface area (Å²) in [6.45, 7) is 1.67. The molecule has 0 aliphatic rings. The van der Waals surface area contributed by atoms with Gasteiger partial charge in [0, 0.05) is 13.6 Å². The van der Waals surface area contributed by atoms with E-state index in [2.05, 4.69) is 0 Å². The summed E-state index contributed by atoms with van der Waals surface area (Å²) < 4.78 is 25.6. The predicted molar refractivity (Wildman–Crippen MR) is 66.6 cm³/mol. The van der Waals surface area contributed by atoms with Gasteiger partial charge >= 0.3 is 6.03 Å². The first kappa shape index (κ1) is 14.5. The van der Waals surface area contributed by atoms with Gasteiger partial charge in [-0.3, -0.25) is 0 Å². The Balaban J connectivity index is 2.82. The predicted octanol–water partition coefficient (Wildman–Crippen LogP) is 0.317. The number of hydrogen-bond donors (Lipinski definition) is 2. The van der Waals surface area contributed by atoms with E-state index in [1.165, 1.54) is 19.2 Å². The van der Waals surface area contributed by atoms with Gasteiger partial charge in [-0.1, -0.05) is 17.7 Å². The zero-order chi connectivity index (χ0) is 13.8. The van der Waals surface area contributed by atoms with Crippen molar-refractivity contribution in [2.24, 2.45) is 0 Å². The fraction of sp³-hybridized carbons (Fsp3) is 0.364. The molecule has 2 amide bonds. The first-order valence-electron chi connectivity index (χ1n) is 5.32. The van der Waals surface area contributed by atoms with Crippen molar-refractivity contribution in [1.82, 2.24) is 9.62 Å². The number of carbonyl (C=O) groups is 1.